The summed E-state index contributed by atoms with van der Waals surface area (Å²) in [5.74, 6) is 0.842. The molecule has 0 fully saturated rings. The number of carbonyl (C=O) groups is 1. The van der Waals surface area contributed by atoms with Crippen molar-refractivity contribution in [1.82, 2.24) is 20.7 Å². The van der Waals surface area contributed by atoms with Crippen LogP contribution in [0.5, 0.6) is 0 Å². The van der Waals surface area contributed by atoms with E-state index in [1.165, 1.54) is 0 Å². The number of hydrogen-bond donors (Lipinski definition) is 2. The van der Waals surface area contributed by atoms with E-state index in [0.29, 0.717) is 6.54 Å². The third-order valence-corrected chi connectivity index (χ3v) is 4.07. The number of urea groups is 1. The van der Waals surface area contributed by atoms with E-state index in [2.05, 4.69) is 26.0 Å². The number of aromatic nitrogens is 3. The summed E-state index contributed by atoms with van der Waals surface area (Å²) in [6.07, 6.45) is 1.64. The first-order valence-corrected chi connectivity index (χ1v) is 8.24. The van der Waals surface area contributed by atoms with Crippen LogP contribution in [0.25, 0.3) is 10.9 Å². The molecule has 0 spiro atoms. The molecule has 3 aromatic rings. The molecule has 0 aliphatic heterocycles. The lowest BCUT2D eigenvalue weighted by atomic mass is 10.1. The fraction of sp³-hybridized carbons (Fsp3) is 0.333. The van der Waals surface area contributed by atoms with Crippen molar-refractivity contribution >= 4 is 22.6 Å². The number of carbonyl (C=O) groups excluding carboxylic acids is 1. The SMILES string of the molecule is Cc1cc2c(NC(=O)NCCCc3c(C)noc3C)cccc2nn1. The van der Waals surface area contributed by atoms with E-state index in [0.717, 1.165) is 52.1 Å². The minimum absolute atomic E-state index is 0.235. The van der Waals surface area contributed by atoms with Gasteiger partial charge in [0.2, 0.25) is 0 Å². The van der Waals surface area contributed by atoms with Crippen molar-refractivity contribution in [3.8, 4) is 0 Å². The second kappa shape index (κ2) is 7.29. The smallest absolute Gasteiger partial charge is 0.319 e. The van der Waals surface area contributed by atoms with Crippen LogP contribution in [0.15, 0.2) is 28.8 Å². The lowest BCUT2D eigenvalue weighted by Gasteiger charge is -2.10. The quantitative estimate of drug-likeness (QED) is 0.696. The van der Waals surface area contributed by atoms with Crippen LogP contribution in [0.4, 0.5) is 10.5 Å². The van der Waals surface area contributed by atoms with Crippen LogP contribution in [0.1, 0.15) is 29.1 Å². The van der Waals surface area contributed by atoms with Crippen molar-refractivity contribution in [1.29, 1.82) is 0 Å². The molecule has 7 heteroatoms. The van der Waals surface area contributed by atoms with Crippen LogP contribution >= 0.6 is 0 Å². The Balaban J connectivity index is 1.55. The van der Waals surface area contributed by atoms with E-state index in [1.807, 2.05) is 45.0 Å². The van der Waals surface area contributed by atoms with Crippen LogP contribution in [0.2, 0.25) is 0 Å². The van der Waals surface area contributed by atoms with Gasteiger partial charge in [0.1, 0.15) is 5.76 Å². The van der Waals surface area contributed by atoms with Gasteiger partial charge in [-0.25, -0.2) is 4.79 Å². The molecule has 0 saturated carbocycles. The maximum absolute atomic E-state index is 12.1. The van der Waals surface area contributed by atoms with Crippen molar-refractivity contribution in [3.05, 3.63) is 47.0 Å². The molecule has 25 heavy (non-hydrogen) atoms. The Hall–Kier alpha value is -2.96. The number of aryl methyl sites for hydroxylation is 3. The molecule has 7 nitrogen and oxygen atoms in total. The zero-order chi connectivity index (χ0) is 17.8. The van der Waals surface area contributed by atoms with Crippen molar-refractivity contribution in [3.63, 3.8) is 0 Å². The van der Waals surface area contributed by atoms with Crippen LogP contribution < -0.4 is 10.6 Å². The van der Waals surface area contributed by atoms with Gasteiger partial charge in [0, 0.05) is 17.5 Å². The van der Waals surface area contributed by atoms with Crippen LogP contribution in [-0.2, 0) is 6.42 Å². The van der Waals surface area contributed by atoms with E-state index in [1.54, 1.807) is 0 Å². The standard InChI is InChI=1S/C18H21N5O2/c1-11-10-15-16(7-4-8-17(15)22-21-11)20-18(24)19-9-5-6-14-12(2)23-25-13(14)3/h4,7-8,10H,5-6,9H2,1-3H3,(H2,19,20,24). The summed E-state index contributed by atoms with van der Waals surface area (Å²) in [7, 11) is 0. The molecule has 3 rings (SSSR count). The molecular formula is C18H21N5O2. The Bertz CT molecular complexity index is 884. The zero-order valence-electron chi connectivity index (χ0n) is 14.6. The molecular weight excluding hydrogens is 318 g/mol. The summed E-state index contributed by atoms with van der Waals surface area (Å²) in [6, 6.07) is 7.25. The highest BCUT2D eigenvalue weighted by Crippen LogP contribution is 2.21. The molecule has 0 unspecified atom stereocenters. The minimum atomic E-state index is -0.235. The van der Waals surface area contributed by atoms with Gasteiger partial charge in [-0.15, -0.1) is 0 Å². The van der Waals surface area contributed by atoms with Crippen molar-refractivity contribution < 1.29 is 9.32 Å². The third-order valence-electron chi connectivity index (χ3n) is 4.07. The summed E-state index contributed by atoms with van der Waals surface area (Å²) in [5.41, 5.74) is 4.31. The summed E-state index contributed by atoms with van der Waals surface area (Å²) in [6.45, 7) is 6.27. The predicted octanol–water partition coefficient (Wildman–Crippen LogP) is 3.30. The molecule has 2 amide bonds. The maximum atomic E-state index is 12.1. The number of anilines is 1. The number of nitrogens with zero attached hydrogens (tertiary/aromatic N) is 3. The van der Waals surface area contributed by atoms with Gasteiger partial charge in [0.05, 0.1) is 22.6 Å². The largest absolute Gasteiger partial charge is 0.361 e. The van der Waals surface area contributed by atoms with E-state index in [-0.39, 0.29) is 6.03 Å². The highest BCUT2D eigenvalue weighted by Gasteiger charge is 2.09. The maximum Gasteiger partial charge on any atom is 0.319 e. The summed E-state index contributed by atoms with van der Waals surface area (Å²) < 4.78 is 5.14. The first-order chi connectivity index (χ1) is 12.0. The number of nitrogens with one attached hydrogen (secondary N) is 2. The number of benzene rings is 1. The first-order valence-electron chi connectivity index (χ1n) is 8.24. The number of hydrogen-bond acceptors (Lipinski definition) is 5. The Morgan fingerprint density at radius 3 is 2.80 bits per heavy atom. The summed E-state index contributed by atoms with van der Waals surface area (Å²) in [5, 5.41) is 18.7. The Kier molecular flexibility index (Phi) is 4.92. The second-order valence-electron chi connectivity index (χ2n) is 6.01. The van der Waals surface area contributed by atoms with Crippen LogP contribution in [0.3, 0.4) is 0 Å². The fourth-order valence-corrected chi connectivity index (χ4v) is 2.76. The molecule has 0 atom stereocenters. The predicted molar refractivity (Wildman–Crippen MR) is 95.6 cm³/mol. The second-order valence-corrected chi connectivity index (χ2v) is 6.01. The topological polar surface area (TPSA) is 92.9 Å². The minimum Gasteiger partial charge on any atom is -0.361 e. The molecule has 130 valence electrons. The summed E-state index contributed by atoms with van der Waals surface area (Å²) >= 11 is 0. The molecule has 2 N–H and O–H groups in total. The molecule has 0 bridgehead atoms. The summed E-state index contributed by atoms with van der Waals surface area (Å²) in [4.78, 5) is 12.1. The average Bonchev–Trinajstić information content (AvgIpc) is 2.91. The van der Waals surface area contributed by atoms with E-state index >= 15 is 0 Å². The molecule has 0 aliphatic carbocycles. The van der Waals surface area contributed by atoms with Gasteiger partial charge in [-0.2, -0.15) is 10.2 Å². The number of amides is 2. The molecule has 0 aliphatic rings. The third kappa shape index (κ3) is 3.93. The van der Waals surface area contributed by atoms with Gasteiger partial charge in [0.25, 0.3) is 0 Å². The fourth-order valence-electron chi connectivity index (χ4n) is 2.76. The van der Waals surface area contributed by atoms with Gasteiger partial charge >= 0.3 is 6.03 Å². The lowest BCUT2D eigenvalue weighted by molar-refractivity contribution is 0.252. The normalized spacial score (nSPS) is 10.8. The van der Waals surface area contributed by atoms with E-state index in [4.69, 9.17) is 4.52 Å². The Morgan fingerprint density at radius 1 is 1.20 bits per heavy atom. The van der Waals surface area contributed by atoms with Gasteiger partial charge in [-0.3, -0.25) is 0 Å². The zero-order valence-corrected chi connectivity index (χ0v) is 14.6. The number of rotatable bonds is 5. The Labute approximate surface area is 145 Å². The highest BCUT2D eigenvalue weighted by molar-refractivity contribution is 6.00. The molecule has 0 radical (unpaired) electrons. The van der Waals surface area contributed by atoms with E-state index < -0.39 is 0 Å². The molecule has 2 heterocycles. The lowest BCUT2D eigenvalue weighted by Crippen LogP contribution is -2.29. The number of fused-ring (bicyclic) bond motifs is 1. The van der Waals surface area contributed by atoms with Crippen LogP contribution in [0, 0.1) is 20.8 Å². The van der Waals surface area contributed by atoms with Crippen molar-refractivity contribution in [2.75, 3.05) is 11.9 Å². The van der Waals surface area contributed by atoms with Crippen molar-refractivity contribution in [2.24, 2.45) is 0 Å². The van der Waals surface area contributed by atoms with Crippen molar-refractivity contribution in [2.45, 2.75) is 33.6 Å². The average molecular weight is 339 g/mol. The van der Waals surface area contributed by atoms with Gasteiger partial charge in [-0.1, -0.05) is 11.2 Å². The first kappa shape index (κ1) is 16.9. The van der Waals surface area contributed by atoms with E-state index in [9.17, 15) is 4.79 Å². The highest BCUT2D eigenvalue weighted by atomic mass is 16.5. The monoisotopic (exact) mass is 339 g/mol. The molecule has 2 aromatic heterocycles. The van der Waals surface area contributed by atoms with Gasteiger partial charge in [-0.05, 0) is 51.8 Å². The Morgan fingerprint density at radius 2 is 2.04 bits per heavy atom. The van der Waals surface area contributed by atoms with Crippen LogP contribution in [-0.4, -0.2) is 27.9 Å². The molecule has 1 aromatic carbocycles. The molecule has 0 saturated heterocycles. The van der Waals surface area contributed by atoms with Gasteiger partial charge in [0.15, 0.2) is 0 Å². The van der Waals surface area contributed by atoms with Gasteiger partial charge < -0.3 is 15.2 Å².